The maximum atomic E-state index is 4.64. The van der Waals surface area contributed by atoms with Crippen LogP contribution in [0.5, 0.6) is 0 Å². The van der Waals surface area contributed by atoms with Crippen LogP contribution in [0.2, 0.25) is 0 Å². The molecule has 2 heterocycles. The molecule has 0 amide bonds. The third-order valence-electron chi connectivity index (χ3n) is 5.04. The number of nitrogens with zero attached hydrogens (tertiary/aromatic N) is 4. The number of hydrogen-bond acceptors (Lipinski definition) is 2. The van der Waals surface area contributed by atoms with Gasteiger partial charge in [-0.05, 0) is 43.5 Å². The molecule has 27 heavy (non-hydrogen) atoms. The molecule has 1 aliphatic rings. The highest BCUT2D eigenvalue weighted by molar-refractivity contribution is 14.0. The van der Waals surface area contributed by atoms with Gasteiger partial charge in [0, 0.05) is 32.4 Å². The summed E-state index contributed by atoms with van der Waals surface area (Å²) in [5, 5.41) is 3.52. The van der Waals surface area contributed by atoms with E-state index >= 15 is 0 Å². The van der Waals surface area contributed by atoms with E-state index in [9.17, 15) is 0 Å². The molecular formula is C21H26IN5. The Morgan fingerprint density at radius 3 is 2.78 bits per heavy atom. The van der Waals surface area contributed by atoms with Crippen LogP contribution in [0.15, 0.2) is 53.5 Å². The summed E-state index contributed by atoms with van der Waals surface area (Å²) in [5.41, 5.74) is 4.96. The van der Waals surface area contributed by atoms with Crippen LogP contribution in [-0.2, 0) is 13.0 Å². The first-order chi connectivity index (χ1) is 12.8. The summed E-state index contributed by atoms with van der Waals surface area (Å²) in [4.78, 5) is 11.4. The van der Waals surface area contributed by atoms with Crippen molar-refractivity contribution in [2.75, 3.05) is 25.0 Å². The average Bonchev–Trinajstić information content (AvgIpc) is 3.23. The van der Waals surface area contributed by atoms with Crippen LogP contribution >= 0.6 is 24.0 Å². The maximum Gasteiger partial charge on any atom is 0.198 e. The number of nitrogens with one attached hydrogen (secondary N) is 1. The number of rotatable bonds is 4. The van der Waals surface area contributed by atoms with Crippen molar-refractivity contribution in [2.24, 2.45) is 4.99 Å². The highest BCUT2D eigenvalue weighted by Crippen LogP contribution is 2.27. The minimum absolute atomic E-state index is 0. The summed E-state index contributed by atoms with van der Waals surface area (Å²) in [7, 11) is 1.86. The molecule has 142 valence electrons. The highest BCUT2D eigenvalue weighted by atomic mass is 127. The summed E-state index contributed by atoms with van der Waals surface area (Å²) >= 11 is 0. The molecule has 6 heteroatoms. The predicted octanol–water partition coefficient (Wildman–Crippen LogP) is 3.99. The first kappa shape index (κ1) is 19.7. The van der Waals surface area contributed by atoms with Crippen molar-refractivity contribution in [2.45, 2.75) is 26.3 Å². The lowest BCUT2D eigenvalue weighted by Gasteiger charge is -2.22. The van der Waals surface area contributed by atoms with Crippen LogP contribution < -0.4 is 10.2 Å². The Bertz CT molecular complexity index is 947. The molecule has 0 atom stereocenters. The summed E-state index contributed by atoms with van der Waals surface area (Å²) in [6.45, 7) is 4.90. The van der Waals surface area contributed by atoms with Crippen LogP contribution in [0.3, 0.4) is 0 Å². The molecular weight excluding hydrogens is 449 g/mol. The topological polar surface area (TPSA) is 45.5 Å². The molecule has 0 fully saturated rings. The number of aromatic nitrogens is 2. The van der Waals surface area contributed by atoms with Crippen LogP contribution in [0.25, 0.3) is 11.0 Å². The normalized spacial score (nSPS) is 13.6. The SMILES string of the molecule is CN=C(NCCCn1c(C)nc2ccccc21)N1CCc2ccccc21.I. The fourth-order valence-corrected chi connectivity index (χ4v) is 3.77. The Morgan fingerprint density at radius 1 is 1.15 bits per heavy atom. The Balaban J connectivity index is 0.00000210. The van der Waals surface area contributed by atoms with Crippen LogP contribution in [-0.4, -0.2) is 35.6 Å². The molecule has 1 aliphatic heterocycles. The molecule has 1 N–H and O–H groups in total. The van der Waals surface area contributed by atoms with Crippen molar-refractivity contribution >= 4 is 46.7 Å². The largest absolute Gasteiger partial charge is 0.356 e. The lowest BCUT2D eigenvalue weighted by Crippen LogP contribution is -2.41. The van der Waals surface area contributed by atoms with Gasteiger partial charge in [0.1, 0.15) is 5.82 Å². The van der Waals surface area contributed by atoms with Crippen molar-refractivity contribution < 1.29 is 0 Å². The Hall–Kier alpha value is -2.09. The second-order valence-corrected chi connectivity index (χ2v) is 6.66. The number of benzene rings is 2. The standard InChI is InChI=1S/C21H25N5.HI/c1-16-24-18-9-4-6-11-20(18)25(16)14-7-13-23-21(22-2)26-15-12-17-8-3-5-10-19(17)26;/h3-6,8-11H,7,12-15H2,1-2H3,(H,22,23);1H. The number of anilines is 1. The van der Waals surface area contributed by atoms with Gasteiger partial charge in [-0.1, -0.05) is 30.3 Å². The van der Waals surface area contributed by atoms with Crippen LogP contribution in [0.1, 0.15) is 17.8 Å². The summed E-state index contributed by atoms with van der Waals surface area (Å²) in [5.74, 6) is 2.03. The van der Waals surface area contributed by atoms with E-state index in [1.807, 2.05) is 13.1 Å². The van der Waals surface area contributed by atoms with Crippen molar-refractivity contribution in [1.82, 2.24) is 14.9 Å². The third kappa shape index (κ3) is 3.95. The van der Waals surface area contributed by atoms with E-state index in [1.165, 1.54) is 16.8 Å². The minimum Gasteiger partial charge on any atom is -0.356 e. The number of para-hydroxylation sites is 3. The highest BCUT2D eigenvalue weighted by Gasteiger charge is 2.22. The monoisotopic (exact) mass is 475 g/mol. The molecule has 5 nitrogen and oxygen atoms in total. The van der Waals surface area contributed by atoms with E-state index in [0.717, 1.165) is 49.8 Å². The first-order valence-corrected chi connectivity index (χ1v) is 9.26. The third-order valence-corrected chi connectivity index (χ3v) is 5.04. The van der Waals surface area contributed by atoms with Crippen molar-refractivity contribution in [3.63, 3.8) is 0 Å². The quantitative estimate of drug-likeness (QED) is 0.269. The number of aliphatic imine (C=N–C) groups is 1. The van der Waals surface area contributed by atoms with Crippen LogP contribution in [0, 0.1) is 6.92 Å². The zero-order valence-corrected chi connectivity index (χ0v) is 18.2. The van der Waals surface area contributed by atoms with E-state index in [0.29, 0.717) is 0 Å². The number of imidazole rings is 1. The van der Waals surface area contributed by atoms with Gasteiger partial charge in [-0.25, -0.2) is 4.98 Å². The summed E-state index contributed by atoms with van der Waals surface area (Å²) in [6, 6.07) is 16.9. The van der Waals surface area contributed by atoms with Gasteiger partial charge in [0.25, 0.3) is 0 Å². The second-order valence-electron chi connectivity index (χ2n) is 6.66. The molecule has 0 aliphatic carbocycles. The lowest BCUT2D eigenvalue weighted by atomic mass is 10.2. The van der Waals surface area contributed by atoms with Gasteiger partial charge in [-0.3, -0.25) is 4.99 Å². The van der Waals surface area contributed by atoms with Gasteiger partial charge in [0.15, 0.2) is 5.96 Å². The molecule has 0 spiro atoms. The van der Waals surface area contributed by atoms with Crippen molar-refractivity contribution in [1.29, 1.82) is 0 Å². The molecule has 0 saturated carbocycles. The van der Waals surface area contributed by atoms with Gasteiger partial charge < -0.3 is 14.8 Å². The zero-order valence-electron chi connectivity index (χ0n) is 15.9. The fourth-order valence-electron chi connectivity index (χ4n) is 3.77. The Kier molecular flexibility index (Phi) is 6.36. The van der Waals surface area contributed by atoms with Gasteiger partial charge in [0.05, 0.1) is 11.0 Å². The van der Waals surface area contributed by atoms with E-state index in [1.54, 1.807) is 0 Å². The number of halogens is 1. The summed E-state index contributed by atoms with van der Waals surface area (Å²) < 4.78 is 2.30. The van der Waals surface area contributed by atoms with E-state index in [4.69, 9.17) is 0 Å². The number of hydrogen-bond donors (Lipinski definition) is 1. The Labute approximate surface area is 177 Å². The minimum atomic E-state index is 0. The smallest absolute Gasteiger partial charge is 0.198 e. The fraction of sp³-hybridized carbons (Fsp3) is 0.333. The van der Waals surface area contributed by atoms with Gasteiger partial charge in [0.2, 0.25) is 0 Å². The van der Waals surface area contributed by atoms with Gasteiger partial charge in [-0.15, -0.1) is 24.0 Å². The van der Waals surface area contributed by atoms with Gasteiger partial charge >= 0.3 is 0 Å². The molecule has 3 aromatic rings. The molecule has 4 rings (SSSR count). The summed E-state index contributed by atoms with van der Waals surface area (Å²) in [6.07, 6.45) is 2.10. The predicted molar refractivity (Wildman–Crippen MR) is 123 cm³/mol. The van der Waals surface area contributed by atoms with Crippen LogP contribution in [0.4, 0.5) is 5.69 Å². The van der Waals surface area contributed by atoms with E-state index in [-0.39, 0.29) is 24.0 Å². The molecule has 2 aromatic carbocycles. The second kappa shape index (κ2) is 8.73. The average molecular weight is 475 g/mol. The molecule has 0 radical (unpaired) electrons. The van der Waals surface area contributed by atoms with E-state index in [2.05, 4.69) is 74.1 Å². The van der Waals surface area contributed by atoms with Crippen molar-refractivity contribution in [3.05, 3.63) is 59.9 Å². The number of guanidine groups is 1. The zero-order chi connectivity index (χ0) is 17.9. The first-order valence-electron chi connectivity index (χ1n) is 9.26. The Morgan fingerprint density at radius 2 is 1.93 bits per heavy atom. The van der Waals surface area contributed by atoms with Crippen molar-refractivity contribution in [3.8, 4) is 0 Å². The molecule has 0 bridgehead atoms. The maximum absolute atomic E-state index is 4.64. The lowest BCUT2D eigenvalue weighted by molar-refractivity contribution is 0.627. The van der Waals surface area contributed by atoms with Gasteiger partial charge in [-0.2, -0.15) is 0 Å². The number of aryl methyl sites for hydroxylation is 2. The molecule has 0 unspecified atom stereocenters. The molecule has 1 aromatic heterocycles. The number of fused-ring (bicyclic) bond motifs is 2. The molecule has 0 saturated heterocycles. The van der Waals surface area contributed by atoms with E-state index < -0.39 is 0 Å².